The Morgan fingerprint density at radius 3 is 2.60 bits per heavy atom. The minimum absolute atomic E-state index is 0.000326. The Kier molecular flexibility index (Phi) is 5.95. The van der Waals surface area contributed by atoms with Crippen molar-refractivity contribution in [3.8, 4) is 0 Å². The Bertz CT molecular complexity index is 505. The van der Waals surface area contributed by atoms with Crippen molar-refractivity contribution in [1.29, 1.82) is 0 Å². The maximum Gasteiger partial charge on any atom is 0.308 e. The predicted molar refractivity (Wildman–Crippen MR) is 74.3 cm³/mol. The van der Waals surface area contributed by atoms with Crippen LogP contribution in [0.1, 0.15) is 30.6 Å². The number of hydrogen-bond donors (Lipinski definition) is 2. The molecule has 0 fully saturated rings. The number of benzene rings is 1. The second kappa shape index (κ2) is 7.24. The monoisotopic (exact) mass is 301 g/mol. The number of halogens is 2. The summed E-state index contributed by atoms with van der Waals surface area (Å²) in [5, 5.41) is 11.3. The van der Waals surface area contributed by atoms with E-state index in [1.54, 1.807) is 0 Å². The number of carboxylic acid groups (broad SMARTS) is 1. The first-order valence-corrected chi connectivity index (χ1v) is 6.65. The number of amides is 1. The highest BCUT2D eigenvalue weighted by Crippen LogP contribution is 2.19. The summed E-state index contributed by atoms with van der Waals surface area (Å²) in [6.45, 7) is 3.79. The van der Waals surface area contributed by atoms with Gasteiger partial charge in [-0.2, -0.15) is 0 Å². The zero-order valence-corrected chi connectivity index (χ0v) is 12.1. The number of rotatable bonds is 6. The van der Waals surface area contributed by atoms with Gasteiger partial charge in [0.25, 0.3) is 5.91 Å². The molecule has 20 heavy (non-hydrogen) atoms. The number of carbonyl (C=O) groups is 2. The standard InChI is InChI=1S/C14H17ClFNO3/c1-8(2)6-9(14(19)20)7-17-13(18)10-4-3-5-11(16)12(10)15/h3-5,8-9H,6-7H2,1-2H3,(H,17,18)(H,19,20). The Labute approximate surface area is 121 Å². The third kappa shape index (κ3) is 4.49. The highest BCUT2D eigenvalue weighted by atomic mass is 35.5. The van der Waals surface area contributed by atoms with E-state index in [9.17, 15) is 14.0 Å². The highest BCUT2D eigenvalue weighted by Gasteiger charge is 2.21. The fourth-order valence-electron chi connectivity index (χ4n) is 1.83. The molecule has 2 N–H and O–H groups in total. The molecule has 0 aliphatic heterocycles. The molecule has 0 aromatic heterocycles. The summed E-state index contributed by atoms with van der Waals surface area (Å²) >= 11 is 5.70. The molecule has 0 heterocycles. The van der Waals surface area contributed by atoms with E-state index in [2.05, 4.69) is 5.32 Å². The summed E-state index contributed by atoms with van der Waals surface area (Å²) in [6.07, 6.45) is 0.451. The number of nitrogens with one attached hydrogen (secondary N) is 1. The average molecular weight is 302 g/mol. The lowest BCUT2D eigenvalue weighted by Crippen LogP contribution is -2.33. The fourth-order valence-corrected chi connectivity index (χ4v) is 2.04. The molecule has 0 aliphatic carbocycles. The van der Waals surface area contributed by atoms with Gasteiger partial charge >= 0.3 is 5.97 Å². The Morgan fingerprint density at radius 2 is 2.05 bits per heavy atom. The van der Waals surface area contributed by atoms with Crippen LogP contribution in [0, 0.1) is 17.7 Å². The molecule has 6 heteroatoms. The minimum atomic E-state index is -0.968. The predicted octanol–water partition coefficient (Wildman–Crippen LogP) is 2.96. The van der Waals surface area contributed by atoms with Gasteiger partial charge in [0.05, 0.1) is 16.5 Å². The molecule has 0 spiro atoms. The average Bonchev–Trinajstić information content (AvgIpc) is 2.36. The van der Waals surface area contributed by atoms with Gasteiger partial charge in [-0.15, -0.1) is 0 Å². The lowest BCUT2D eigenvalue weighted by atomic mass is 9.97. The van der Waals surface area contributed by atoms with Crippen molar-refractivity contribution in [3.05, 3.63) is 34.6 Å². The van der Waals surface area contributed by atoms with Crippen LogP contribution >= 0.6 is 11.6 Å². The largest absolute Gasteiger partial charge is 0.481 e. The van der Waals surface area contributed by atoms with Gasteiger partial charge in [-0.3, -0.25) is 9.59 Å². The molecule has 0 bridgehead atoms. The number of carbonyl (C=O) groups excluding carboxylic acids is 1. The van der Waals surface area contributed by atoms with E-state index in [-0.39, 0.29) is 23.0 Å². The molecule has 1 atom stereocenters. The summed E-state index contributed by atoms with van der Waals surface area (Å²) in [4.78, 5) is 22.9. The minimum Gasteiger partial charge on any atom is -0.481 e. The summed E-state index contributed by atoms with van der Waals surface area (Å²) in [7, 11) is 0. The van der Waals surface area contributed by atoms with Crippen LogP contribution in [0.2, 0.25) is 5.02 Å². The van der Waals surface area contributed by atoms with Crippen LogP contribution in [-0.2, 0) is 4.79 Å². The fraction of sp³-hybridized carbons (Fsp3) is 0.429. The molecule has 110 valence electrons. The first kappa shape index (κ1) is 16.4. The Balaban J connectivity index is 2.70. The van der Waals surface area contributed by atoms with Crippen molar-refractivity contribution in [3.63, 3.8) is 0 Å². The SMILES string of the molecule is CC(C)CC(CNC(=O)c1cccc(F)c1Cl)C(=O)O. The van der Waals surface area contributed by atoms with E-state index in [0.717, 1.165) is 6.07 Å². The third-order valence-electron chi connectivity index (χ3n) is 2.81. The van der Waals surface area contributed by atoms with E-state index in [1.165, 1.54) is 12.1 Å². The quantitative estimate of drug-likeness (QED) is 0.849. The van der Waals surface area contributed by atoms with Crippen LogP contribution in [-0.4, -0.2) is 23.5 Å². The molecule has 0 saturated heterocycles. The molecule has 1 amide bonds. The van der Waals surface area contributed by atoms with Crippen LogP contribution in [0.5, 0.6) is 0 Å². The van der Waals surface area contributed by atoms with Crippen molar-refractivity contribution in [2.24, 2.45) is 11.8 Å². The first-order chi connectivity index (χ1) is 9.32. The van der Waals surface area contributed by atoms with Crippen LogP contribution in [0.15, 0.2) is 18.2 Å². The van der Waals surface area contributed by atoms with Crippen molar-refractivity contribution < 1.29 is 19.1 Å². The lowest BCUT2D eigenvalue weighted by Gasteiger charge is -2.15. The van der Waals surface area contributed by atoms with Gasteiger partial charge in [0, 0.05) is 6.54 Å². The summed E-state index contributed by atoms with van der Waals surface area (Å²) in [5.41, 5.74) is 0.000326. The number of aliphatic carboxylic acids is 1. The van der Waals surface area contributed by atoms with E-state index >= 15 is 0 Å². The normalized spacial score (nSPS) is 12.2. The molecular formula is C14H17ClFNO3. The van der Waals surface area contributed by atoms with E-state index < -0.39 is 23.6 Å². The number of carboxylic acids is 1. The zero-order valence-electron chi connectivity index (χ0n) is 11.3. The molecule has 0 aliphatic rings. The molecule has 1 aromatic carbocycles. The molecule has 1 unspecified atom stereocenters. The summed E-state index contributed by atoms with van der Waals surface area (Å²) in [5.74, 6) is -2.71. The molecule has 0 radical (unpaired) electrons. The third-order valence-corrected chi connectivity index (χ3v) is 3.19. The van der Waals surface area contributed by atoms with Crippen LogP contribution in [0.4, 0.5) is 4.39 Å². The van der Waals surface area contributed by atoms with Crippen molar-refractivity contribution in [2.45, 2.75) is 20.3 Å². The van der Waals surface area contributed by atoms with Gasteiger partial charge in [0.2, 0.25) is 0 Å². The van der Waals surface area contributed by atoms with Crippen LogP contribution < -0.4 is 5.32 Å². The van der Waals surface area contributed by atoms with E-state index in [1.807, 2.05) is 13.8 Å². The smallest absolute Gasteiger partial charge is 0.308 e. The van der Waals surface area contributed by atoms with Crippen LogP contribution in [0.3, 0.4) is 0 Å². The molecular weight excluding hydrogens is 285 g/mol. The van der Waals surface area contributed by atoms with Gasteiger partial charge in [-0.1, -0.05) is 31.5 Å². The molecule has 1 aromatic rings. The van der Waals surface area contributed by atoms with Crippen molar-refractivity contribution >= 4 is 23.5 Å². The molecule has 4 nitrogen and oxygen atoms in total. The topological polar surface area (TPSA) is 66.4 Å². The maximum atomic E-state index is 13.2. The summed E-state index contributed by atoms with van der Waals surface area (Å²) in [6, 6.07) is 3.91. The second-order valence-electron chi connectivity index (χ2n) is 4.98. The molecule has 0 saturated carbocycles. The highest BCUT2D eigenvalue weighted by molar-refractivity contribution is 6.34. The van der Waals surface area contributed by atoms with Crippen molar-refractivity contribution in [1.82, 2.24) is 5.32 Å². The lowest BCUT2D eigenvalue weighted by molar-refractivity contribution is -0.142. The van der Waals surface area contributed by atoms with Gasteiger partial charge in [-0.25, -0.2) is 4.39 Å². The first-order valence-electron chi connectivity index (χ1n) is 6.28. The van der Waals surface area contributed by atoms with Gasteiger partial charge < -0.3 is 10.4 Å². The van der Waals surface area contributed by atoms with Crippen molar-refractivity contribution in [2.75, 3.05) is 6.54 Å². The second-order valence-corrected chi connectivity index (χ2v) is 5.35. The van der Waals surface area contributed by atoms with E-state index in [4.69, 9.17) is 16.7 Å². The van der Waals surface area contributed by atoms with Gasteiger partial charge in [0.1, 0.15) is 5.82 Å². The summed E-state index contributed by atoms with van der Waals surface area (Å²) < 4.78 is 13.2. The number of hydrogen-bond acceptors (Lipinski definition) is 2. The zero-order chi connectivity index (χ0) is 15.3. The Morgan fingerprint density at radius 1 is 1.40 bits per heavy atom. The van der Waals surface area contributed by atoms with Crippen LogP contribution in [0.25, 0.3) is 0 Å². The maximum absolute atomic E-state index is 13.2. The van der Waals surface area contributed by atoms with Gasteiger partial charge in [-0.05, 0) is 24.5 Å². The van der Waals surface area contributed by atoms with E-state index in [0.29, 0.717) is 6.42 Å². The molecule has 1 rings (SSSR count). The van der Waals surface area contributed by atoms with Gasteiger partial charge in [0.15, 0.2) is 0 Å². The Hall–Kier alpha value is -1.62.